The largest absolute Gasteiger partial charge is 0.416 e. The first kappa shape index (κ1) is 26.4. The molecular weight excluding hydrogens is 524 g/mol. The van der Waals surface area contributed by atoms with E-state index in [-0.39, 0.29) is 24.2 Å². The predicted molar refractivity (Wildman–Crippen MR) is 124 cm³/mol. The summed E-state index contributed by atoms with van der Waals surface area (Å²) in [6.07, 6.45) is -9.46. The topological polar surface area (TPSA) is 87.2 Å². The van der Waals surface area contributed by atoms with Gasteiger partial charge in [0.05, 0.1) is 11.1 Å². The van der Waals surface area contributed by atoms with Crippen molar-refractivity contribution >= 4 is 34.1 Å². The van der Waals surface area contributed by atoms with Gasteiger partial charge in [0.1, 0.15) is 11.0 Å². The van der Waals surface area contributed by atoms with Gasteiger partial charge in [-0.15, -0.1) is 10.2 Å². The zero-order valence-corrected chi connectivity index (χ0v) is 19.9. The van der Waals surface area contributed by atoms with E-state index in [1.807, 2.05) is 31.2 Å². The summed E-state index contributed by atoms with van der Waals surface area (Å²) >= 11 is 1.12. The molecule has 14 heteroatoms. The molecule has 2 N–H and O–H groups in total. The third-order valence-corrected chi connectivity index (χ3v) is 6.46. The number of benzene rings is 2. The van der Waals surface area contributed by atoms with Crippen LogP contribution in [-0.2, 0) is 17.1 Å². The van der Waals surface area contributed by atoms with E-state index in [0.29, 0.717) is 23.6 Å². The zero-order valence-electron chi connectivity index (χ0n) is 19.1. The fraction of sp³-hybridized carbons (Fsp3) is 0.304. The molecule has 1 fully saturated rings. The maximum absolute atomic E-state index is 13.1. The van der Waals surface area contributed by atoms with Gasteiger partial charge in [0, 0.05) is 17.8 Å². The fourth-order valence-electron chi connectivity index (χ4n) is 3.86. The molecule has 0 saturated carbocycles. The van der Waals surface area contributed by atoms with Crippen molar-refractivity contribution in [2.45, 2.75) is 38.2 Å². The number of urea groups is 1. The van der Waals surface area contributed by atoms with Crippen LogP contribution in [-0.4, -0.2) is 39.6 Å². The van der Waals surface area contributed by atoms with E-state index in [1.165, 1.54) is 0 Å². The molecule has 37 heavy (non-hydrogen) atoms. The van der Waals surface area contributed by atoms with Gasteiger partial charge in [-0.05, 0) is 44.0 Å². The average molecular weight is 543 g/mol. The van der Waals surface area contributed by atoms with E-state index >= 15 is 0 Å². The quantitative estimate of drug-likeness (QED) is 0.385. The number of halogens is 6. The predicted octanol–water partition coefficient (Wildman–Crippen LogP) is 6.19. The number of alkyl halides is 6. The van der Waals surface area contributed by atoms with Gasteiger partial charge in [-0.3, -0.25) is 10.1 Å². The summed E-state index contributed by atoms with van der Waals surface area (Å²) in [5.41, 5.74) is -2.00. The van der Waals surface area contributed by atoms with Crippen molar-refractivity contribution in [3.63, 3.8) is 0 Å². The minimum absolute atomic E-state index is 0.0329. The van der Waals surface area contributed by atoms with Crippen LogP contribution in [0.1, 0.15) is 29.5 Å². The van der Waals surface area contributed by atoms with Gasteiger partial charge in [0.15, 0.2) is 0 Å². The minimum Gasteiger partial charge on any atom is -0.312 e. The fourth-order valence-corrected chi connectivity index (χ4v) is 4.60. The summed E-state index contributed by atoms with van der Waals surface area (Å²) in [6.45, 7) is 2.00. The van der Waals surface area contributed by atoms with Crippen LogP contribution in [0.2, 0.25) is 0 Å². The summed E-state index contributed by atoms with van der Waals surface area (Å²) in [4.78, 5) is 26.7. The van der Waals surface area contributed by atoms with Crippen LogP contribution in [0.15, 0.2) is 42.5 Å². The molecule has 0 radical (unpaired) electrons. The standard InChI is InChI=1S/C23H19F6N5O2S/c1-12-4-2-5-13(8-12)19-32-33-20(37-19)31-18(35)17-6-3-7-34(17)21(36)30-16-10-14(22(24,25)26)9-15(11-16)23(27,28)29/h2,4-5,8-11,17H,3,6-7H2,1H3,(H,30,36)(H,31,33,35). The van der Waals surface area contributed by atoms with Crippen molar-refractivity contribution in [1.29, 1.82) is 0 Å². The lowest BCUT2D eigenvalue weighted by molar-refractivity contribution is -0.143. The normalized spacial score (nSPS) is 16.1. The second kappa shape index (κ2) is 10.00. The number of rotatable bonds is 4. The minimum atomic E-state index is -5.06. The van der Waals surface area contributed by atoms with Crippen molar-refractivity contribution in [3.8, 4) is 10.6 Å². The number of aromatic nitrogens is 2. The van der Waals surface area contributed by atoms with Crippen LogP contribution in [0.3, 0.4) is 0 Å². The molecule has 1 unspecified atom stereocenters. The number of carbonyl (C=O) groups is 2. The SMILES string of the molecule is Cc1cccc(-c2nnc(NC(=O)C3CCCN3C(=O)Nc3cc(C(F)(F)F)cc(C(F)(F)F)c3)s2)c1. The molecule has 3 amide bonds. The molecule has 1 aliphatic rings. The highest BCUT2D eigenvalue weighted by Crippen LogP contribution is 2.38. The highest BCUT2D eigenvalue weighted by molar-refractivity contribution is 7.18. The summed E-state index contributed by atoms with van der Waals surface area (Å²) in [6, 6.07) is 6.28. The Kier molecular flexibility index (Phi) is 7.13. The van der Waals surface area contributed by atoms with Crippen molar-refractivity contribution in [1.82, 2.24) is 15.1 Å². The zero-order chi connectivity index (χ0) is 27.0. The Hall–Kier alpha value is -3.68. The van der Waals surface area contributed by atoms with Crippen LogP contribution in [0.4, 0.5) is 42.0 Å². The molecule has 1 saturated heterocycles. The van der Waals surface area contributed by atoms with Gasteiger partial charge in [0.2, 0.25) is 11.0 Å². The van der Waals surface area contributed by atoms with Crippen molar-refractivity contribution in [3.05, 3.63) is 59.2 Å². The Bertz CT molecular complexity index is 1290. The molecule has 2 heterocycles. The molecule has 0 spiro atoms. The smallest absolute Gasteiger partial charge is 0.312 e. The molecule has 2 aromatic carbocycles. The van der Waals surface area contributed by atoms with Gasteiger partial charge < -0.3 is 10.2 Å². The Morgan fingerprint density at radius 3 is 2.27 bits per heavy atom. The summed E-state index contributed by atoms with van der Waals surface area (Å²) in [5, 5.41) is 13.4. The summed E-state index contributed by atoms with van der Waals surface area (Å²) < 4.78 is 78.8. The molecule has 0 aliphatic carbocycles. The van der Waals surface area contributed by atoms with Gasteiger partial charge in [0.25, 0.3) is 0 Å². The lowest BCUT2D eigenvalue weighted by atomic mass is 10.1. The molecule has 1 aliphatic heterocycles. The van der Waals surface area contributed by atoms with Crippen LogP contribution < -0.4 is 10.6 Å². The lowest BCUT2D eigenvalue weighted by Gasteiger charge is -2.24. The van der Waals surface area contributed by atoms with E-state index < -0.39 is 47.1 Å². The molecule has 1 atom stereocenters. The first-order valence-electron chi connectivity index (χ1n) is 10.9. The number of aryl methyl sites for hydroxylation is 1. The Morgan fingerprint density at radius 1 is 0.973 bits per heavy atom. The van der Waals surface area contributed by atoms with E-state index in [4.69, 9.17) is 0 Å². The maximum atomic E-state index is 13.1. The number of hydrogen-bond acceptors (Lipinski definition) is 5. The molecule has 1 aromatic heterocycles. The molecule has 7 nitrogen and oxygen atoms in total. The van der Waals surface area contributed by atoms with Crippen molar-refractivity contribution in [2.24, 2.45) is 0 Å². The van der Waals surface area contributed by atoms with Crippen molar-refractivity contribution in [2.75, 3.05) is 17.2 Å². The highest BCUT2D eigenvalue weighted by Gasteiger charge is 2.38. The second-order valence-corrected chi connectivity index (χ2v) is 9.32. The van der Waals surface area contributed by atoms with Crippen molar-refractivity contribution < 1.29 is 35.9 Å². The number of nitrogens with zero attached hydrogens (tertiary/aromatic N) is 3. The Balaban J connectivity index is 1.48. The number of hydrogen-bond donors (Lipinski definition) is 2. The second-order valence-electron chi connectivity index (χ2n) is 8.35. The molecule has 4 rings (SSSR count). The molecule has 196 valence electrons. The summed E-state index contributed by atoms with van der Waals surface area (Å²) in [5.74, 6) is -0.598. The van der Waals surface area contributed by atoms with Crippen LogP contribution in [0.5, 0.6) is 0 Å². The highest BCUT2D eigenvalue weighted by atomic mass is 32.1. The van der Waals surface area contributed by atoms with E-state index in [1.54, 1.807) is 0 Å². The first-order valence-corrected chi connectivity index (χ1v) is 11.7. The third-order valence-electron chi connectivity index (χ3n) is 5.58. The molecular formula is C23H19F6N5O2S. The van der Waals surface area contributed by atoms with Crippen LogP contribution in [0.25, 0.3) is 10.6 Å². The van der Waals surface area contributed by atoms with Crippen LogP contribution >= 0.6 is 11.3 Å². The van der Waals surface area contributed by atoms with Crippen LogP contribution in [0, 0.1) is 6.92 Å². The lowest BCUT2D eigenvalue weighted by Crippen LogP contribution is -2.45. The molecule has 3 aromatic rings. The van der Waals surface area contributed by atoms with Gasteiger partial charge >= 0.3 is 18.4 Å². The first-order chi connectivity index (χ1) is 17.3. The van der Waals surface area contributed by atoms with Gasteiger partial charge in [-0.25, -0.2) is 4.79 Å². The number of likely N-dealkylation sites (tertiary alicyclic amines) is 1. The molecule has 0 bridgehead atoms. The van der Waals surface area contributed by atoms with E-state index in [0.717, 1.165) is 27.4 Å². The Morgan fingerprint density at radius 2 is 1.65 bits per heavy atom. The number of nitrogens with one attached hydrogen (secondary N) is 2. The third kappa shape index (κ3) is 6.18. The number of amides is 3. The van der Waals surface area contributed by atoms with E-state index in [9.17, 15) is 35.9 Å². The maximum Gasteiger partial charge on any atom is 0.416 e. The van der Waals surface area contributed by atoms with Gasteiger partial charge in [-0.2, -0.15) is 26.3 Å². The monoisotopic (exact) mass is 543 g/mol. The average Bonchev–Trinajstić information content (AvgIpc) is 3.48. The summed E-state index contributed by atoms with van der Waals surface area (Å²) in [7, 11) is 0. The van der Waals surface area contributed by atoms with E-state index in [2.05, 4.69) is 20.8 Å². The number of anilines is 2. The van der Waals surface area contributed by atoms with Gasteiger partial charge in [-0.1, -0.05) is 35.1 Å². The number of carbonyl (C=O) groups excluding carboxylic acids is 2. The Labute approximate surface area is 210 Å².